The van der Waals surface area contributed by atoms with E-state index in [1.165, 1.54) is 37.4 Å². The van der Waals surface area contributed by atoms with E-state index in [4.69, 9.17) is 4.74 Å². The van der Waals surface area contributed by atoms with Gasteiger partial charge in [-0.3, -0.25) is 14.3 Å². The predicted molar refractivity (Wildman–Crippen MR) is 164 cm³/mol. The van der Waals surface area contributed by atoms with Crippen molar-refractivity contribution in [1.82, 2.24) is 34.9 Å². The van der Waals surface area contributed by atoms with Crippen molar-refractivity contribution in [3.63, 3.8) is 0 Å². The summed E-state index contributed by atoms with van der Waals surface area (Å²) in [4.78, 5) is 51.1. The minimum atomic E-state index is -0.679. The zero-order chi connectivity index (χ0) is 31.7. The lowest BCUT2D eigenvalue weighted by atomic mass is 10.0. The Balaban J connectivity index is 1.04. The summed E-state index contributed by atoms with van der Waals surface area (Å²) in [5, 5.41) is 7.27. The SMILES string of the molecule is CC(C)(C)OC(=O)N1CCC(N(C(=O)c2cnc(-c3ccc(C(=O)NCCn4ccc(C5CC5)n4)c(F)c3)nc2)C2CC2)CC1. The molecule has 0 atom stereocenters. The van der Waals surface area contributed by atoms with E-state index in [9.17, 15) is 18.8 Å². The third kappa shape index (κ3) is 7.49. The van der Waals surface area contributed by atoms with E-state index >= 15 is 0 Å². The highest BCUT2D eigenvalue weighted by atomic mass is 19.1. The van der Waals surface area contributed by atoms with Gasteiger partial charge in [0.05, 0.1) is 23.4 Å². The number of carbonyl (C=O) groups is 3. The number of ether oxygens (including phenoxy) is 1. The van der Waals surface area contributed by atoms with Crippen molar-refractivity contribution in [2.45, 2.75) is 89.4 Å². The van der Waals surface area contributed by atoms with Gasteiger partial charge in [0.1, 0.15) is 11.4 Å². The number of amides is 3. The summed E-state index contributed by atoms with van der Waals surface area (Å²) in [7, 11) is 0. The maximum atomic E-state index is 15.0. The van der Waals surface area contributed by atoms with Crippen molar-refractivity contribution in [1.29, 1.82) is 0 Å². The van der Waals surface area contributed by atoms with Crippen molar-refractivity contribution < 1.29 is 23.5 Å². The van der Waals surface area contributed by atoms with Crippen LogP contribution in [0.25, 0.3) is 11.4 Å². The minimum Gasteiger partial charge on any atom is -0.444 e. The van der Waals surface area contributed by atoms with Gasteiger partial charge in [-0.05, 0) is 77.5 Å². The van der Waals surface area contributed by atoms with Gasteiger partial charge in [0.2, 0.25) is 0 Å². The summed E-state index contributed by atoms with van der Waals surface area (Å²) in [6.45, 7) is 7.41. The van der Waals surface area contributed by atoms with Crippen LogP contribution in [-0.2, 0) is 11.3 Å². The number of hydrogen-bond donors (Lipinski definition) is 1. The fourth-order valence-electron chi connectivity index (χ4n) is 5.69. The fourth-order valence-corrected chi connectivity index (χ4v) is 5.69. The Kier molecular flexibility index (Phi) is 8.56. The number of likely N-dealkylation sites (tertiary alicyclic amines) is 1. The molecule has 2 aliphatic carbocycles. The molecule has 2 saturated carbocycles. The summed E-state index contributed by atoms with van der Waals surface area (Å²) in [6.07, 6.45) is 10.1. The molecule has 3 amide bonds. The molecule has 0 unspecified atom stereocenters. The molecule has 238 valence electrons. The summed E-state index contributed by atoms with van der Waals surface area (Å²) in [6, 6.07) is 6.43. The Bertz CT molecular complexity index is 1550. The number of halogens is 1. The third-order valence-corrected chi connectivity index (χ3v) is 8.34. The highest BCUT2D eigenvalue weighted by Gasteiger charge is 2.40. The van der Waals surface area contributed by atoms with E-state index in [-0.39, 0.29) is 35.5 Å². The average Bonchev–Trinajstić information content (AvgIpc) is 3.96. The lowest BCUT2D eigenvalue weighted by Crippen LogP contribution is -2.50. The van der Waals surface area contributed by atoms with E-state index in [0.29, 0.717) is 56.1 Å². The lowest BCUT2D eigenvalue weighted by Gasteiger charge is -2.39. The van der Waals surface area contributed by atoms with Crippen LogP contribution in [0.5, 0.6) is 0 Å². The zero-order valence-corrected chi connectivity index (χ0v) is 26.0. The summed E-state index contributed by atoms with van der Waals surface area (Å²) < 4.78 is 22.3. The summed E-state index contributed by atoms with van der Waals surface area (Å²) in [5.41, 5.74) is 1.22. The van der Waals surface area contributed by atoms with Crippen LogP contribution >= 0.6 is 0 Å². The minimum absolute atomic E-state index is 0.0101. The summed E-state index contributed by atoms with van der Waals surface area (Å²) in [5.74, 6) is -0.509. The van der Waals surface area contributed by atoms with Crippen molar-refractivity contribution >= 4 is 17.9 Å². The molecule has 3 aliphatic rings. The molecule has 1 aliphatic heterocycles. The van der Waals surface area contributed by atoms with Crippen LogP contribution in [0.2, 0.25) is 0 Å². The van der Waals surface area contributed by atoms with Gasteiger partial charge in [0.15, 0.2) is 5.82 Å². The number of rotatable bonds is 9. The number of carbonyl (C=O) groups excluding carboxylic acids is 3. The van der Waals surface area contributed by atoms with Crippen LogP contribution < -0.4 is 5.32 Å². The first-order valence-electron chi connectivity index (χ1n) is 15.8. The first-order valence-corrected chi connectivity index (χ1v) is 15.8. The molecular formula is C33H40FN7O4. The van der Waals surface area contributed by atoms with E-state index in [1.54, 1.807) is 15.6 Å². The monoisotopic (exact) mass is 617 g/mol. The van der Waals surface area contributed by atoms with Crippen LogP contribution in [0.1, 0.15) is 91.6 Å². The molecule has 0 radical (unpaired) electrons. The van der Waals surface area contributed by atoms with Crippen molar-refractivity contribution in [2.24, 2.45) is 0 Å². The third-order valence-electron chi connectivity index (χ3n) is 8.34. The standard InChI is InChI=1S/C33H40FN7O4/c1-33(2,3)45-32(44)39-14-10-25(11-15-39)41(24-7-8-24)31(43)23-19-36-29(37-20-23)22-6-9-26(27(34)18-22)30(42)35-13-17-40-16-12-28(38-40)21-4-5-21/h6,9,12,16,18-21,24-25H,4-5,7-8,10-11,13-15,17H2,1-3H3,(H,35,42). The second kappa shape index (κ2) is 12.6. The van der Waals surface area contributed by atoms with Gasteiger partial charge in [-0.15, -0.1) is 0 Å². The molecule has 0 spiro atoms. The number of benzene rings is 1. The molecule has 0 bridgehead atoms. The Hall–Kier alpha value is -4.35. The smallest absolute Gasteiger partial charge is 0.410 e. The van der Waals surface area contributed by atoms with Crippen molar-refractivity contribution in [3.8, 4) is 11.4 Å². The van der Waals surface area contributed by atoms with Crippen LogP contribution in [0.4, 0.5) is 9.18 Å². The second-order valence-corrected chi connectivity index (χ2v) is 13.2. The molecule has 45 heavy (non-hydrogen) atoms. The molecule has 1 aromatic carbocycles. The molecule has 6 rings (SSSR count). The van der Waals surface area contributed by atoms with Gasteiger partial charge in [0.25, 0.3) is 11.8 Å². The number of hydrogen-bond acceptors (Lipinski definition) is 7. The summed E-state index contributed by atoms with van der Waals surface area (Å²) >= 11 is 0. The van der Waals surface area contributed by atoms with Crippen LogP contribution in [0.3, 0.4) is 0 Å². The van der Waals surface area contributed by atoms with E-state index in [0.717, 1.165) is 18.5 Å². The Labute approximate surface area is 262 Å². The van der Waals surface area contributed by atoms with E-state index in [1.807, 2.05) is 37.9 Å². The lowest BCUT2D eigenvalue weighted by molar-refractivity contribution is 0.0142. The molecule has 12 heteroatoms. The molecular weight excluding hydrogens is 577 g/mol. The first-order chi connectivity index (χ1) is 21.6. The van der Waals surface area contributed by atoms with Crippen LogP contribution in [-0.4, -0.2) is 84.8 Å². The number of nitrogens with one attached hydrogen (secondary N) is 1. The molecule has 1 saturated heterocycles. The maximum Gasteiger partial charge on any atom is 0.410 e. The van der Waals surface area contributed by atoms with Crippen LogP contribution in [0.15, 0.2) is 42.9 Å². The largest absolute Gasteiger partial charge is 0.444 e. The van der Waals surface area contributed by atoms with Crippen molar-refractivity contribution in [2.75, 3.05) is 19.6 Å². The van der Waals surface area contributed by atoms with Gasteiger partial charge in [0, 0.05) is 61.8 Å². The highest BCUT2D eigenvalue weighted by Crippen LogP contribution is 2.38. The first kappa shape index (κ1) is 30.7. The number of aromatic nitrogens is 4. The molecule has 11 nitrogen and oxygen atoms in total. The molecule has 3 heterocycles. The Morgan fingerprint density at radius 3 is 2.31 bits per heavy atom. The topological polar surface area (TPSA) is 123 Å². The van der Waals surface area contributed by atoms with Gasteiger partial charge >= 0.3 is 6.09 Å². The van der Waals surface area contributed by atoms with Gasteiger partial charge in [-0.25, -0.2) is 19.2 Å². The van der Waals surface area contributed by atoms with Gasteiger partial charge < -0.3 is 19.9 Å². The van der Waals surface area contributed by atoms with Gasteiger partial charge in [-0.1, -0.05) is 6.07 Å². The number of nitrogens with zero attached hydrogens (tertiary/aromatic N) is 6. The van der Waals surface area contributed by atoms with Crippen molar-refractivity contribution in [3.05, 3.63) is 65.5 Å². The quantitative estimate of drug-likeness (QED) is 0.366. The molecule has 1 N–H and O–H groups in total. The number of piperidine rings is 1. The molecule has 2 aromatic heterocycles. The Morgan fingerprint density at radius 1 is 1.00 bits per heavy atom. The maximum absolute atomic E-state index is 15.0. The second-order valence-electron chi connectivity index (χ2n) is 13.2. The zero-order valence-electron chi connectivity index (χ0n) is 26.0. The highest BCUT2D eigenvalue weighted by molar-refractivity contribution is 5.95. The van der Waals surface area contributed by atoms with Crippen LogP contribution in [0, 0.1) is 5.82 Å². The average molecular weight is 618 g/mol. The molecule has 3 fully saturated rings. The fraction of sp³-hybridized carbons (Fsp3) is 0.515. The van der Waals surface area contributed by atoms with E-state index in [2.05, 4.69) is 20.4 Å². The normalized spacial score (nSPS) is 17.2. The van der Waals surface area contributed by atoms with E-state index < -0.39 is 17.3 Å². The predicted octanol–water partition coefficient (Wildman–Crippen LogP) is 4.79. The Morgan fingerprint density at radius 2 is 1.69 bits per heavy atom. The molecule has 3 aromatic rings. The van der Waals surface area contributed by atoms with Gasteiger partial charge in [-0.2, -0.15) is 5.10 Å².